The molecule has 1 amide bonds. The lowest BCUT2D eigenvalue weighted by Gasteiger charge is -2.07. The first-order valence-electron chi connectivity index (χ1n) is 5.65. The van der Waals surface area contributed by atoms with E-state index in [2.05, 4.69) is 10.3 Å². The van der Waals surface area contributed by atoms with Crippen molar-refractivity contribution in [3.63, 3.8) is 0 Å². The van der Waals surface area contributed by atoms with Gasteiger partial charge in [0.2, 0.25) is 5.91 Å². The number of amides is 1. The van der Waals surface area contributed by atoms with Gasteiger partial charge in [-0.2, -0.15) is 0 Å². The maximum Gasteiger partial charge on any atom is 0.240 e. The number of aryl methyl sites for hydroxylation is 1. The van der Waals surface area contributed by atoms with Crippen molar-refractivity contribution in [1.29, 1.82) is 0 Å². The van der Waals surface area contributed by atoms with E-state index in [-0.39, 0.29) is 5.91 Å². The molecule has 18 heavy (non-hydrogen) atoms. The second-order valence-corrected chi connectivity index (χ2v) is 5.17. The molecule has 0 bridgehead atoms. The van der Waals surface area contributed by atoms with Gasteiger partial charge in [0.15, 0.2) is 0 Å². The summed E-state index contributed by atoms with van der Waals surface area (Å²) in [6.07, 6.45) is 0. The van der Waals surface area contributed by atoms with Gasteiger partial charge in [0, 0.05) is 16.6 Å². The molecule has 1 aromatic heterocycles. The van der Waals surface area contributed by atoms with Crippen molar-refractivity contribution in [3.05, 3.63) is 34.7 Å². The first-order valence-corrected chi connectivity index (χ1v) is 6.53. The van der Waals surface area contributed by atoms with Crippen LogP contribution < -0.4 is 11.1 Å². The highest BCUT2D eigenvalue weighted by Crippen LogP contribution is 2.23. The second-order valence-electron chi connectivity index (χ2n) is 4.11. The van der Waals surface area contributed by atoms with Crippen LogP contribution >= 0.6 is 11.3 Å². The Hall–Kier alpha value is -1.72. The summed E-state index contributed by atoms with van der Waals surface area (Å²) in [4.78, 5) is 15.8. The number of carbonyl (C=O) groups excluding carboxylic acids is 1. The topological polar surface area (TPSA) is 68.0 Å². The maximum absolute atomic E-state index is 11.4. The van der Waals surface area contributed by atoms with Crippen molar-refractivity contribution >= 4 is 22.9 Å². The quantitative estimate of drug-likeness (QED) is 0.891. The highest BCUT2D eigenvalue weighted by Gasteiger charge is 2.07. The fraction of sp³-hybridized carbons (Fsp3) is 0.231. The zero-order valence-corrected chi connectivity index (χ0v) is 11.1. The average molecular weight is 261 g/mol. The van der Waals surface area contributed by atoms with E-state index in [1.165, 1.54) is 0 Å². The molecule has 0 spiro atoms. The van der Waals surface area contributed by atoms with Crippen LogP contribution in [0.1, 0.15) is 11.9 Å². The molecule has 5 heteroatoms. The number of benzene rings is 1. The molecule has 2 aromatic rings. The highest BCUT2D eigenvalue weighted by molar-refractivity contribution is 7.09. The predicted molar refractivity (Wildman–Crippen MR) is 74.6 cm³/mol. The number of nitrogens with one attached hydrogen (secondary N) is 1. The number of nitrogens with zero attached hydrogens (tertiary/aromatic N) is 1. The minimum absolute atomic E-state index is 0.188. The van der Waals surface area contributed by atoms with Crippen LogP contribution in [0.2, 0.25) is 0 Å². The minimum atomic E-state index is -0.508. The standard InChI is InChI=1S/C13H15N3OS/c1-8(14)13(17)16-11-5-3-10(4-6-11)12-7-18-9(2)15-12/h3-8H,14H2,1-2H3,(H,16,17)/t8-/m1/s1. The number of hydrogen-bond donors (Lipinski definition) is 2. The fourth-order valence-electron chi connectivity index (χ4n) is 1.48. The van der Waals surface area contributed by atoms with Gasteiger partial charge in [-0.15, -0.1) is 11.3 Å². The Labute approximate surface area is 110 Å². The summed E-state index contributed by atoms with van der Waals surface area (Å²) < 4.78 is 0. The third-order valence-electron chi connectivity index (χ3n) is 2.48. The molecular weight excluding hydrogens is 246 g/mol. The van der Waals surface area contributed by atoms with E-state index < -0.39 is 6.04 Å². The molecule has 0 aliphatic heterocycles. The molecule has 4 nitrogen and oxygen atoms in total. The lowest BCUT2D eigenvalue weighted by atomic mass is 10.1. The van der Waals surface area contributed by atoms with Crippen LogP contribution in [-0.4, -0.2) is 16.9 Å². The van der Waals surface area contributed by atoms with Crippen LogP contribution in [0.3, 0.4) is 0 Å². The Kier molecular flexibility index (Phi) is 3.74. The van der Waals surface area contributed by atoms with Gasteiger partial charge in [0.05, 0.1) is 16.7 Å². The van der Waals surface area contributed by atoms with Crippen LogP contribution in [0.5, 0.6) is 0 Å². The number of hydrogen-bond acceptors (Lipinski definition) is 4. The average Bonchev–Trinajstić information content (AvgIpc) is 2.76. The van der Waals surface area contributed by atoms with Gasteiger partial charge in [0.25, 0.3) is 0 Å². The van der Waals surface area contributed by atoms with Gasteiger partial charge in [-0.1, -0.05) is 12.1 Å². The smallest absolute Gasteiger partial charge is 0.240 e. The molecule has 0 radical (unpaired) electrons. The van der Waals surface area contributed by atoms with Crippen LogP contribution in [0.4, 0.5) is 5.69 Å². The summed E-state index contributed by atoms with van der Waals surface area (Å²) in [5, 5.41) is 5.80. The van der Waals surface area contributed by atoms with Crippen LogP contribution in [0.25, 0.3) is 11.3 Å². The third-order valence-corrected chi connectivity index (χ3v) is 3.25. The molecule has 0 aliphatic carbocycles. The normalized spacial score (nSPS) is 12.2. The van der Waals surface area contributed by atoms with E-state index in [4.69, 9.17) is 5.73 Å². The molecule has 0 unspecified atom stereocenters. The summed E-state index contributed by atoms with van der Waals surface area (Å²) in [5.74, 6) is -0.188. The van der Waals surface area contributed by atoms with E-state index in [1.807, 2.05) is 36.6 Å². The van der Waals surface area contributed by atoms with Crippen LogP contribution in [0, 0.1) is 6.92 Å². The largest absolute Gasteiger partial charge is 0.325 e. The first kappa shape index (κ1) is 12.7. The van der Waals surface area contributed by atoms with E-state index >= 15 is 0 Å². The van der Waals surface area contributed by atoms with Gasteiger partial charge in [-0.05, 0) is 26.0 Å². The molecule has 0 saturated heterocycles. The molecule has 0 fully saturated rings. The zero-order chi connectivity index (χ0) is 13.1. The van der Waals surface area contributed by atoms with Gasteiger partial charge < -0.3 is 11.1 Å². The zero-order valence-electron chi connectivity index (χ0n) is 10.3. The van der Waals surface area contributed by atoms with Gasteiger partial charge in [0.1, 0.15) is 0 Å². The predicted octanol–water partition coefficient (Wildman–Crippen LogP) is 2.40. The van der Waals surface area contributed by atoms with Crippen molar-refractivity contribution in [2.75, 3.05) is 5.32 Å². The molecule has 94 valence electrons. The molecular formula is C13H15N3OS. The summed E-state index contributed by atoms with van der Waals surface area (Å²) in [5.41, 5.74) is 8.23. The van der Waals surface area contributed by atoms with E-state index in [1.54, 1.807) is 18.3 Å². The molecule has 0 aliphatic rings. The van der Waals surface area contributed by atoms with E-state index in [9.17, 15) is 4.79 Å². The Morgan fingerprint density at radius 2 is 2.06 bits per heavy atom. The van der Waals surface area contributed by atoms with Gasteiger partial charge in [-0.3, -0.25) is 4.79 Å². The number of anilines is 1. The first-order chi connectivity index (χ1) is 8.56. The summed E-state index contributed by atoms with van der Waals surface area (Å²) in [7, 11) is 0. The van der Waals surface area contributed by atoms with Crippen molar-refractivity contribution in [3.8, 4) is 11.3 Å². The lowest BCUT2D eigenvalue weighted by molar-refractivity contribution is -0.117. The molecule has 2 rings (SSSR count). The summed E-state index contributed by atoms with van der Waals surface area (Å²) in [6.45, 7) is 3.63. The van der Waals surface area contributed by atoms with Crippen LogP contribution in [-0.2, 0) is 4.79 Å². The minimum Gasteiger partial charge on any atom is -0.325 e. The van der Waals surface area contributed by atoms with Gasteiger partial charge in [-0.25, -0.2) is 4.98 Å². The fourth-order valence-corrected chi connectivity index (χ4v) is 2.10. The molecule has 1 heterocycles. The number of rotatable bonds is 3. The molecule has 1 atom stereocenters. The van der Waals surface area contributed by atoms with Crippen LogP contribution in [0.15, 0.2) is 29.6 Å². The highest BCUT2D eigenvalue weighted by atomic mass is 32.1. The number of nitrogens with two attached hydrogens (primary N) is 1. The summed E-state index contributed by atoms with van der Waals surface area (Å²) in [6, 6.07) is 7.07. The van der Waals surface area contributed by atoms with Gasteiger partial charge >= 0.3 is 0 Å². The Bertz CT molecular complexity index is 546. The Morgan fingerprint density at radius 1 is 1.39 bits per heavy atom. The Balaban J connectivity index is 2.13. The number of thiazole rings is 1. The number of aromatic nitrogens is 1. The lowest BCUT2D eigenvalue weighted by Crippen LogP contribution is -2.32. The second kappa shape index (κ2) is 5.29. The summed E-state index contributed by atoms with van der Waals surface area (Å²) >= 11 is 1.62. The SMILES string of the molecule is Cc1nc(-c2ccc(NC(=O)[C@@H](C)N)cc2)cs1. The van der Waals surface area contributed by atoms with E-state index in [0.717, 1.165) is 22.0 Å². The molecule has 3 N–H and O–H groups in total. The number of carbonyl (C=O) groups is 1. The van der Waals surface area contributed by atoms with Crippen molar-refractivity contribution in [2.24, 2.45) is 5.73 Å². The van der Waals surface area contributed by atoms with E-state index in [0.29, 0.717) is 0 Å². The van der Waals surface area contributed by atoms with Crippen molar-refractivity contribution in [1.82, 2.24) is 4.98 Å². The molecule has 1 aromatic carbocycles. The Morgan fingerprint density at radius 3 is 2.56 bits per heavy atom. The van der Waals surface area contributed by atoms with Crippen molar-refractivity contribution < 1.29 is 4.79 Å². The molecule has 0 saturated carbocycles. The van der Waals surface area contributed by atoms with Crippen molar-refractivity contribution in [2.45, 2.75) is 19.9 Å². The monoisotopic (exact) mass is 261 g/mol. The third kappa shape index (κ3) is 2.94. The maximum atomic E-state index is 11.4.